The van der Waals surface area contributed by atoms with Crippen LogP contribution in [0.5, 0.6) is 0 Å². The van der Waals surface area contributed by atoms with Crippen LogP contribution in [0.15, 0.2) is 40.9 Å². The number of benzene rings is 1. The predicted molar refractivity (Wildman–Crippen MR) is 88.8 cm³/mol. The lowest BCUT2D eigenvalue weighted by molar-refractivity contribution is 0.0911. The monoisotopic (exact) mass is 323 g/mol. The fourth-order valence-corrected chi connectivity index (χ4v) is 2.44. The van der Waals surface area contributed by atoms with E-state index in [0.717, 1.165) is 29.6 Å². The Morgan fingerprint density at radius 2 is 2.00 bits per heavy atom. The Balaban J connectivity index is 1.27. The molecule has 0 spiro atoms. The van der Waals surface area contributed by atoms with E-state index in [9.17, 15) is 4.79 Å². The van der Waals surface area contributed by atoms with Gasteiger partial charge in [0.2, 0.25) is 0 Å². The van der Waals surface area contributed by atoms with E-state index in [1.807, 2.05) is 36.4 Å². The summed E-state index contributed by atoms with van der Waals surface area (Å²) in [5.74, 6) is 1.47. The maximum absolute atomic E-state index is 11.9. The Morgan fingerprint density at radius 3 is 2.88 bits per heavy atom. The van der Waals surface area contributed by atoms with E-state index in [2.05, 4.69) is 25.8 Å². The fraction of sp³-hybridized carbons (Fsp3) is 0.294. The number of pyridine rings is 1. The van der Waals surface area contributed by atoms with Crippen LogP contribution in [0.25, 0.3) is 10.9 Å². The van der Waals surface area contributed by atoms with Gasteiger partial charge in [-0.15, -0.1) is 0 Å². The fourth-order valence-electron chi connectivity index (χ4n) is 2.44. The smallest absolute Gasteiger partial charge is 0.315 e. The minimum absolute atomic E-state index is 0.0285. The van der Waals surface area contributed by atoms with Gasteiger partial charge < -0.3 is 15.2 Å². The standard InChI is InChI=1S/C17H17N5O2/c23-16(17-21-15(22-24-17)12-5-6-12)19-10-9-18-14-8-7-11-3-1-2-4-13(11)20-14/h1-4,7-8,12H,5-6,9-10H2,(H,18,20)(H,19,23). The van der Waals surface area contributed by atoms with Gasteiger partial charge in [0.25, 0.3) is 0 Å². The summed E-state index contributed by atoms with van der Waals surface area (Å²) >= 11 is 0. The summed E-state index contributed by atoms with van der Waals surface area (Å²) in [6.45, 7) is 0.995. The molecule has 24 heavy (non-hydrogen) atoms. The molecule has 2 heterocycles. The van der Waals surface area contributed by atoms with E-state index < -0.39 is 0 Å². The summed E-state index contributed by atoms with van der Waals surface area (Å²) in [6, 6.07) is 11.9. The van der Waals surface area contributed by atoms with Crippen molar-refractivity contribution >= 4 is 22.6 Å². The third-order valence-electron chi connectivity index (χ3n) is 3.89. The molecule has 3 aromatic rings. The lowest BCUT2D eigenvalue weighted by Gasteiger charge is -2.07. The van der Waals surface area contributed by atoms with Crippen molar-refractivity contribution in [2.45, 2.75) is 18.8 Å². The maximum Gasteiger partial charge on any atom is 0.315 e. The van der Waals surface area contributed by atoms with Crippen LogP contribution in [0, 0.1) is 0 Å². The molecule has 0 radical (unpaired) electrons. The van der Waals surface area contributed by atoms with E-state index in [1.165, 1.54) is 0 Å². The second-order valence-electron chi connectivity index (χ2n) is 5.80. The van der Waals surface area contributed by atoms with Gasteiger partial charge >= 0.3 is 11.8 Å². The van der Waals surface area contributed by atoms with Crippen molar-refractivity contribution in [2.24, 2.45) is 0 Å². The first-order valence-electron chi connectivity index (χ1n) is 8.01. The normalized spacial score (nSPS) is 13.8. The molecule has 2 aromatic heterocycles. The van der Waals surface area contributed by atoms with Crippen LogP contribution in [0.4, 0.5) is 5.82 Å². The molecule has 1 fully saturated rings. The minimum atomic E-state index is -0.345. The SMILES string of the molecule is O=C(NCCNc1ccc2ccccc2n1)c1nc(C2CC2)no1. The van der Waals surface area contributed by atoms with Crippen molar-refractivity contribution in [3.05, 3.63) is 48.1 Å². The Kier molecular flexibility index (Phi) is 3.82. The average molecular weight is 323 g/mol. The molecule has 1 aliphatic rings. The summed E-state index contributed by atoms with van der Waals surface area (Å²) < 4.78 is 4.99. The number of hydrogen-bond acceptors (Lipinski definition) is 6. The molecule has 0 unspecified atom stereocenters. The van der Waals surface area contributed by atoms with E-state index >= 15 is 0 Å². The van der Waals surface area contributed by atoms with E-state index in [-0.39, 0.29) is 11.8 Å². The zero-order valence-corrected chi connectivity index (χ0v) is 13.0. The van der Waals surface area contributed by atoms with E-state index in [4.69, 9.17) is 4.52 Å². The molecule has 0 bridgehead atoms. The van der Waals surface area contributed by atoms with Gasteiger partial charge in [0, 0.05) is 24.4 Å². The summed E-state index contributed by atoms with van der Waals surface area (Å²) in [6.07, 6.45) is 2.15. The molecule has 0 aliphatic heterocycles. The Bertz CT molecular complexity index is 872. The van der Waals surface area contributed by atoms with Crippen LogP contribution in [0.1, 0.15) is 35.3 Å². The van der Waals surface area contributed by atoms with Crippen LogP contribution in [-0.4, -0.2) is 34.1 Å². The summed E-state index contributed by atoms with van der Waals surface area (Å²) in [5.41, 5.74) is 0.935. The highest BCUT2D eigenvalue weighted by Crippen LogP contribution is 2.38. The number of nitrogens with one attached hydrogen (secondary N) is 2. The van der Waals surface area contributed by atoms with Gasteiger partial charge in [-0.3, -0.25) is 4.79 Å². The van der Waals surface area contributed by atoms with Crippen LogP contribution >= 0.6 is 0 Å². The zero-order chi connectivity index (χ0) is 16.4. The summed E-state index contributed by atoms with van der Waals surface area (Å²) in [4.78, 5) is 20.6. The molecular formula is C17H17N5O2. The minimum Gasteiger partial charge on any atom is -0.368 e. The number of nitrogens with zero attached hydrogens (tertiary/aromatic N) is 3. The van der Waals surface area contributed by atoms with Crippen molar-refractivity contribution < 1.29 is 9.32 Å². The molecule has 4 rings (SSSR count). The van der Waals surface area contributed by atoms with Gasteiger partial charge in [0.15, 0.2) is 5.82 Å². The van der Waals surface area contributed by atoms with Gasteiger partial charge in [-0.25, -0.2) is 4.98 Å². The molecule has 0 saturated heterocycles. The van der Waals surface area contributed by atoms with Gasteiger partial charge in [0.05, 0.1) is 5.52 Å². The lowest BCUT2D eigenvalue weighted by atomic mass is 10.2. The highest BCUT2D eigenvalue weighted by atomic mass is 16.5. The highest BCUT2D eigenvalue weighted by molar-refractivity contribution is 5.89. The van der Waals surface area contributed by atoms with Crippen molar-refractivity contribution in [1.29, 1.82) is 0 Å². The van der Waals surface area contributed by atoms with Crippen molar-refractivity contribution in [3.63, 3.8) is 0 Å². The van der Waals surface area contributed by atoms with Gasteiger partial charge in [-0.2, -0.15) is 4.98 Å². The third-order valence-corrected chi connectivity index (χ3v) is 3.89. The van der Waals surface area contributed by atoms with Crippen molar-refractivity contribution in [2.75, 3.05) is 18.4 Å². The first kappa shape index (κ1) is 14.6. The number of fused-ring (bicyclic) bond motifs is 1. The van der Waals surface area contributed by atoms with Crippen LogP contribution in [0.3, 0.4) is 0 Å². The Labute approximate surface area is 138 Å². The number of amides is 1. The summed E-state index contributed by atoms with van der Waals surface area (Å²) in [7, 11) is 0. The molecule has 122 valence electrons. The van der Waals surface area contributed by atoms with Crippen molar-refractivity contribution in [1.82, 2.24) is 20.4 Å². The molecule has 7 heteroatoms. The van der Waals surface area contributed by atoms with Gasteiger partial charge in [0.1, 0.15) is 5.82 Å². The largest absolute Gasteiger partial charge is 0.368 e. The van der Waals surface area contributed by atoms with Crippen LogP contribution in [0.2, 0.25) is 0 Å². The zero-order valence-electron chi connectivity index (χ0n) is 13.0. The maximum atomic E-state index is 11.9. The predicted octanol–water partition coefficient (Wildman–Crippen LogP) is 2.34. The number of carbonyl (C=O) groups excluding carboxylic acids is 1. The molecule has 1 amide bonds. The van der Waals surface area contributed by atoms with Gasteiger partial charge in [-0.05, 0) is 31.0 Å². The topological polar surface area (TPSA) is 92.9 Å². The molecule has 0 atom stereocenters. The number of anilines is 1. The van der Waals surface area contributed by atoms with Gasteiger partial charge in [-0.1, -0.05) is 23.4 Å². The Morgan fingerprint density at radius 1 is 1.12 bits per heavy atom. The molecule has 1 saturated carbocycles. The number of aromatic nitrogens is 3. The van der Waals surface area contributed by atoms with E-state index in [1.54, 1.807) is 0 Å². The lowest BCUT2D eigenvalue weighted by Crippen LogP contribution is -2.29. The van der Waals surface area contributed by atoms with Crippen LogP contribution in [-0.2, 0) is 0 Å². The summed E-state index contributed by atoms with van der Waals surface area (Å²) in [5, 5.41) is 10.9. The number of hydrogen-bond donors (Lipinski definition) is 2. The molecule has 1 aliphatic carbocycles. The molecule has 1 aromatic carbocycles. The highest BCUT2D eigenvalue weighted by Gasteiger charge is 2.29. The molecule has 7 nitrogen and oxygen atoms in total. The second kappa shape index (κ2) is 6.27. The van der Waals surface area contributed by atoms with Crippen LogP contribution < -0.4 is 10.6 Å². The van der Waals surface area contributed by atoms with Crippen molar-refractivity contribution in [3.8, 4) is 0 Å². The second-order valence-corrected chi connectivity index (χ2v) is 5.80. The Hall–Kier alpha value is -2.96. The number of para-hydroxylation sites is 1. The number of carbonyl (C=O) groups is 1. The first-order chi connectivity index (χ1) is 11.8. The number of rotatable bonds is 6. The quantitative estimate of drug-likeness (QED) is 0.676. The molecule has 2 N–H and O–H groups in total. The third kappa shape index (κ3) is 3.19. The van der Waals surface area contributed by atoms with E-state index in [0.29, 0.717) is 24.8 Å². The average Bonchev–Trinajstić information content (AvgIpc) is 3.35. The first-order valence-corrected chi connectivity index (χ1v) is 8.01. The molecular weight excluding hydrogens is 306 g/mol.